The van der Waals surface area contributed by atoms with Crippen LogP contribution in [0, 0.1) is 11.6 Å². The van der Waals surface area contributed by atoms with Crippen LogP contribution >= 0.6 is 23.2 Å². The molecule has 0 N–H and O–H groups in total. The Hall–Kier alpha value is -2.50. The Balaban J connectivity index is 1.70. The number of fused-ring (bicyclic) bond motifs is 1. The van der Waals surface area contributed by atoms with Crippen molar-refractivity contribution in [1.82, 2.24) is 14.5 Å². The summed E-state index contributed by atoms with van der Waals surface area (Å²) >= 11 is 12.0. The molecule has 0 spiro atoms. The number of halogens is 4. The lowest BCUT2D eigenvalue weighted by atomic mass is 10.2. The predicted octanol–water partition coefficient (Wildman–Crippen LogP) is 5.68. The summed E-state index contributed by atoms with van der Waals surface area (Å²) in [4.78, 5) is 8.51. The molecule has 26 heavy (non-hydrogen) atoms. The van der Waals surface area contributed by atoms with E-state index in [1.807, 2.05) is 16.8 Å². The molecule has 2 aromatic carbocycles. The third-order valence-corrected chi connectivity index (χ3v) is 4.70. The minimum Gasteiger partial charge on any atom is -0.348 e. The lowest BCUT2D eigenvalue weighted by Crippen LogP contribution is -2.00. The molecule has 7 heteroatoms. The van der Waals surface area contributed by atoms with Crippen LogP contribution in [0.25, 0.3) is 22.8 Å². The molecule has 0 unspecified atom stereocenters. The Bertz CT molecular complexity index is 1060. The van der Waals surface area contributed by atoms with Crippen molar-refractivity contribution >= 4 is 23.2 Å². The molecule has 3 nitrogen and oxygen atoms in total. The predicted molar refractivity (Wildman–Crippen MR) is 97.6 cm³/mol. The quantitative estimate of drug-likeness (QED) is 0.451. The molecule has 130 valence electrons. The van der Waals surface area contributed by atoms with Gasteiger partial charge in [-0.05, 0) is 35.9 Å². The maximum Gasteiger partial charge on any atom is 0.166 e. The molecular formula is C19H11Cl2F2N3. The van der Waals surface area contributed by atoms with Crippen molar-refractivity contribution in [2.45, 2.75) is 6.54 Å². The Morgan fingerprint density at radius 2 is 1.62 bits per heavy atom. The lowest BCUT2D eigenvalue weighted by molar-refractivity contribution is 0.588. The average molecular weight is 390 g/mol. The van der Waals surface area contributed by atoms with Crippen LogP contribution in [0.3, 0.4) is 0 Å². The summed E-state index contributed by atoms with van der Waals surface area (Å²) in [5.41, 5.74) is 1.85. The SMILES string of the molecule is Fc1cccc(F)c1-c1nc2ccn(Cc3ccc(Cl)c(Cl)c3)cc-2n1. The van der Waals surface area contributed by atoms with Gasteiger partial charge in [-0.3, -0.25) is 0 Å². The average Bonchev–Trinajstić information content (AvgIpc) is 3.01. The molecule has 0 fully saturated rings. The largest absolute Gasteiger partial charge is 0.348 e. The van der Waals surface area contributed by atoms with Crippen LogP contribution in [0.5, 0.6) is 0 Å². The first-order valence-corrected chi connectivity index (χ1v) is 8.49. The summed E-state index contributed by atoms with van der Waals surface area (Å²) in [6, 6.07) is 10.8. The van der Waals surface area contributed by atoms with E-state index in [1.165, 1.54) is 18.2 Å². The number of pyridine rings is 1. The van der Waals surface area contributed by atoms with E-state index in [0.717, 1.165) is 5.56 Å². The van der Waals surface area contributed by atoms with Gasteiger partial charge in [-0.1, -0.05) is 35.3 Å². The van der Waals surface area contributed by atoms with Crippen LogP contribution in [0.4, 0.5) is 8.78 Å². The topological polar surface area (TPSA) is 30.7 Å². The Morgan fingerprint density at radius 3 is 2.35 bits per heavy atom. The smallest absolute Gasteiger partial charge is 0.166 e. The van der Waals surface area contributed by atoms with Gasteiger partial charge in [-0.2, -0.15) is 0 Å². The minimum atomic E-state index is -0.691. The lowest BCUT2D eigenvalue weighted by Gasteiger charge is -2.08. The van der Waals surface area contributed by atoms with Crippen LogP contribution in [0.15, 0.2) is 54.9 Å². The van der Waals surface area contributed by atoms with E-state index in [2.05, 4.69) is 9.97 Å². The summed E-state index contributed by atoms with van der Waals surface area (Å²) in [5, 5.41) is 0.977. The molecule has 2 aliphatic heterocycles. The molecule has 2 aliphatic rings. The second-order valence-electron chi connectivity index (χ2n) is 5.78. The highest BCUT2D eigenvalue weighted by Gasteiger charge is 2.18. The van der Waals surface area contributed by atoms with Crippen molar-refractivity contribution in [2.24, 2.45) is 0 Å². The first-order chi connectivity index (χ1) is 12.5. The zero-order chi connectivity index (χ0) is 18.3. The number of imidazole rings is 1. The van der Waals surface area contributed by atoms with Crippen LogP contribution < -0.4 is 0 Å². The van der Waals surface area contributed by atoms with E-state index in [-0.39, 0.29) is 11.4 Å². The fourth-order valence-electron chi connectivity index (χ4n) is 2.72. The summed E-state index contributed by atoms with van der Waals surface area (Å²) in [7, 11) is 0. The van der Waals surface area contributed by atoms with Gasteiger partial charge < -0.3 is 4.57 Å². The number of aromatic nitrogens is 3. The van der Waals surface area contributed by atoms with Gasteiger partial charge in [0.2, 0.25) is 0 Å². The monoisotopic (exact) mass is 389 g/mol. The molecule has 2 heterocycles. The van der Waals surface area contributed by atoms with Crippen LogP contribution in [-0.2, 0) is 6.54 Å². The third kappa shape index (κ3) is 3.16. The summed E-state index contributed by atoms with van der Waals surface area (Å²) in [6.07, 6.45) is 3.59. The van der Waals surface area contributed by atoms with E-state index in [9.17, 15) is 8.78 Å². The zero-order valence-corrected chi connectivity index (χ0v) is 14.8. The normalized spacial score (nSPS) is 11.2. The maximum atomic E-state index is 14.0. The number of rotatable bonds is 3. The molecular weight excluding hydrogens is 379 g/mol. The van der Waals surface area contributed by atoms with Crippen molar-refractivity contribution < 1.29 is 8.78 Å². The number of benzene rings is 2. The molecule has 0 atom stereocenters. The molecule has 0 saturated carbocycles. The van der Waals surface area contributed by atoms with E-state index >= 15 is 0 Å². The molecule has 0 saturated heterocycles. The summed E-state index contributed by atoms with van der Waals surface area (Å²) < 4.78 is 29.8. The molecule has 0 aromatic heterocycles. The second-order valence-corrected chi connectivity index (χ2v) is 6.59. The van der Waals surface area contributed by atoms with Crippen molar-refractivity contribution in [3.63, 3.8) is 0 Å². The summed E-state index contributed by atoms with van der Waals surface area (Å²) in [5.74, 6) is -1.35. The zero-order valence-electron chi connectivity index (χ0n) is 13.3. The van der Waals surface area contributed by atoms with Crippen molar-refractivity contribution in [3.05, 3.63) is 82.1 Å². The second kappa shape index (κ2) is 6.67. The van der Waals surface area contributed by atoms with Gasteiger partial charge in [0.25, 0.3) is 0 Å². The van der Waals surface area contributed by atoms with Gasteiger partial charge in [0.05, 0.1) is 21.3 Å². The van der Waals surface area contributed by atoms with Gasteiger partial charge in [0.1, 0.15) is 17.3 Å². The van der Waals surface area contributed by atoms with Crippen LogP contribution in [0.2, 0.25) is 10.0 Å². The number of hydrogen-bond acceptors (Lipinski definition) is 2. The molecule has 0 bridgehead atoms. The first-order valence-electron chi connectivity index (χ1n) is 7.73. The van der Waals surface area contributed by atoms with Gasteiger partial charge in [-0.15, -0.1) is 0 Å². The Labute approximate surface area is 158 Å². The van der Waals surface area contributed by atoms with Gasteiger partial charge >= 0.3 is 0 Å². The molecule has 0 radical (unpaired) electrons. The van der Waals surface area contributed by atoms with Crippen LogP contribution in [-0.4, -0.2) is 14.5 Å². The minimum absolute atomic E-state index is 0.0305. The van der Waals surface area contributed by atoms with E-state index in [1.54, 1.807) is 24.4 Å². The Morgan fingerprint density at radius 1 is 0.885 bits per heavy atom. The number of hydrogen-bond donors (Lipinski definition) is 0. The molecule has 0 amide bonds. The van der Waals surface area contributed by atoms with E-state index in [0.29, 0.717) is 28.0 Å². The van der Waals surface area contributed by atoms with Gasteiger partial charge in [-0.25, -0.2) is 18.7 Å². The third-order valence-electron chi connectivity index (χ3n) is 3.96. The molecule has 0 aliphatic carbocycles. The highest BCUT2D eigenvalue weighted by Crippen LogP contribution is 2.29. The van der Waals surface area contributed by atoms with E-state index < -0.39 is 11.6 Å². The van der Waals surface area contributed by atoms with Crippen LogP contribution in [0.1, 0.15) is 5.56 Å². The van der Waals surface area contributed by atoms with Gasteiger partial charge in [0.15, 0.2) is 5.82 Å². The highest BCUT2D eigenvalue weighted by molar-refractivity contribution is 6.42. The first kappa shape index (κ1) is 16.9. The standard InChI is InChI=1S/C19H11Cl2F2N3/c20-12-5-4-11(8-13(12)21)9-26-7-6-16-17(10-26)25-19(24-16)18-14(22)2-1-3-15(18)23/h1-8,10H,9H2. The number of nitrogens with zero attached hydrogens (tertiary/aromatic N) is 3. The maximum absolute atomic E-state index is 14.0. The van der Waals surface area contributed by atoms with Crippen molar-refractivity contribution in [2.75, 3.05) is 0 Å². The fourth-order valence-corrected chi connectivity index (χ4v) is 3.04. The van der Waals surface area contributed by atoms with Crippen molar-refractivity contribution in [1.29, 1.82) is 0 Å². The highest BCUT2D eigenvalue weighted by atomic mass is 35.5. The van der Waals surface area contributed by atoms with Crippen molar-refractivity contribution in [3.8, 4) is 22.8 Å². The summed E-state index contributed by atoms with van der Waals surface area (Å²) in [6.45, 7) is 0.545. The molecule has 4 rings (SSSR count). The Kier molecular flexibility index (Phi) is 4.34. The molecule has 2 aromatic rings. The van der Waals surface area contributed by atoms with E-state index in [4.69, 9.17) is 23.2 Å². The van der Waals surface area contributed by atoms with Gasteiger partial charge in [0, 0.05) is 18.9 Å². The fraction of sp³-hybridized carbons (Fsp3) is 0.0526.